The molecular weight excluding hydrogens is 274 g/mol. The highest BCUT2D eigenvalue weighted by Crippen LogP contribution is 2.14. The number of rotatable bonds is 8. The second kappa shape index (κ2) is 7.05. The minimum atomic E-state index is -2.99. The number of likely N-dealkylation sites (N-methyl/N-ethyl adjacent to an activating group) is 1. The van der Waals surface area contributed by atoms with Gasteiger partial charge in [-0.05, 0) is 31.3 Å². The third-order valence-corrected chi connectivity index (χ3v) is 5.82. The summed E-state index contributed by atoms with van der Waals surface area (Å²) in [4.78, 5) is 0. The average Bonchev–Trinajstić information content (AvgIpc) is 2.73. The highest BCUT2D eigenvalue weighted by molar-refractivity contribution is 8.00. The fourth-order valence-electron chi connectivity index (χ4n) is 1.14. The first-order chi connectivity index (χ1) is 8.47. The van der Waals surface area contributed by atoms with E-state index in [0.717, 1.165) is 6.54 Å². The van der Waals surface area contributed by atoms with Crippen LogP contribution < -0.4 is 5.32 Å². The summed E-state index contributed by atoms with van der Waals surface area (Å²) in [6.45, 7) is 4.82. The molecule has 1 aromatic heterocycles. The zero-order chi connectivity index (χ0) is 13.6. The molecule has 0 saturated carbocycles. The number of tetrazole rings is 1. The van der Waals surface area contributed by atoms with Crippen molar-refractivity contribution in [2.45, 2.75) is 30.8 Å². The molecule has 9 heteroatoms. The number of nitrogens with one attached hydrogen (secondary N) is 1. The lowest BCUT2D eigenvalue weighted by Crippen LogP contribution is -2.19. The van der Waals surface area contributed by atoms with Crippen molar-refractivity contribution >= 4 is 21.6 Å². The van der Waals surface area contributed by atoms with Gasteiger partial charge in [0.2, 0.25) is 5.16 Å². The van der Waals surface area contributed by atoms with Gasteiger partial charge in [-0.1, -0.05) is 11.8 Å². The minimum absolute atomic E-state index is 0.147. The SMILES string of the molecule is CNCCn1nnnc1SCCS(=O)(=O)C(C)C. The van der Waals surface area contributed by atoms with Gasteiger partial charge in [0.1, 0.15) is 0 Å². The molecule has 0 aliphatic heterocycles. The number of hydrogen-bond acceptors (Lipinski definition) is 7. The molecule has 18 heavy (non-hydrogen) atoms. The Morgan fingerprint density at radius 2 is 2.17 bits per heavy atom. The molecule has 0 aliphatic rings. The minimum Gasteiger partial charge on any atom is -0.318 e. The van der Waals surface area contributed by atoms with E-state index in [9.17, 15) is 8.42 Å². The molecule has 0 saturated heterocycles. The molecule has 0 unspecified atom stereocenters. The van der Waals surface area contributed by atoms with E-state index in [1.807, 2.05) is 7.05 Å². The van der Waals surface area contributed by atoms with Crippen LogP contribution in [-0.4, -0.2) is 59.0 Å². The van der Waals surface area contributed by atoms with Crippen molar-refractivity contribution in [3.63, 3.8) is 0 Å². The average molecular weight is 293 g/mol. The molecule has 7 nitrogen and oxygen atoms in total. The number of aromatic nitrogens is 4. The summed E-state index contributed by atoms with van der Waals surface area (Å²) >= 11 is 1.37. The summed E-state index contributed by atoms with van der Waals surface area (Å²) in [6, 6.07) is 0. The highest BCUT2D eigenvalue weighted by atomic mass is 32.2. The van der Waals surface area contributed by atoms with Gasteiger partial charge in [0.15, 0.2) is 9.84 Å². The molecule has 0 bridgehead atoms. The van der Waals surface area contributed by atoms with E-state index in [1.54, 1.807) is 18.5 Å². The predicted octanol–water partition coefficient (Wildman–Crippen LogP) is -0.192. The molecular formula is C9H19N5O2S2. The van der Waals surface area contributed by atoms with Gasteiger partial charge in [-0.3, -0.25) is 0 Å². The maximum Gasteiger partial charge on any atom is 0.209 e. The van der Waals surface area contributed by atoms with E-state index >= 15 is 0 Å². The summed E-state index contributed by atoms with van der Waals surface area (Å²) in [5.41, 5.74) is 0. The molecule has 0 amide bonds. The molecule has 0 atom stereocenters. The third kappa shape index (κ3) is 4.54. The number of hydrogen-bond donors (Lipinski definition) is 1. The van der Waals surface area contributed by atoms with Crippen LogP contribution in [0.1, 0.15) is 13.8 Å². The first-order valence-corrected chi connectivity index (χ1v) is 8.42. The van der Waals surface area contributed by atoms with Gasteiger partial charge in [-0.2, -0.15) is 0 Å². The number of sulfone groups is 1. The van der Waals surface area contributed by atoms with Crippen LogP contribution in [0.15, 0.2) is 5.16 Å². The van der Waals surface area contributed by atoms with Crippen LogP contribution in [0, 0.1) is 0 Å². The fourth-order valence-corrected chi connectivity index (χ4v) is 3.43. The second-order valence-corrected chi connectivity index (χ2v) is 7.79. The van der Waals surface area contributed by atoms with Gasteiger partial charge in [-0.25, -0.2) is 13.1 Å². The molecule has 0 aliphatic carbocycles. The van der Waals surface area contributed by atoms with Crippen molar-refractivity contribution in [1.82, 2.24) is 25.5 Å². The van der Waals surface area contributed by atoms with Crippen LogP contribution in [0.2, 0.25) is 0 Å². The van der Waals surface area contributed by atoms with Gasteiger partial charge in [0.25, 0.3) is 0 Å². The van der Waals surface area contributed by atoms with Crippen molar-refractivity contribution < 1.29 is 8.42 Å². The fraction of sp³-hybridized carbons (Fsp3) is 0.889. The highest BCUT2D eigenvalue weighted by Gasteiger charge is 2.16. The van der Waals surface area contributed by atoms with Crippen LogP contribution in [0.4, 0.5) is 0 Å². The Balaban J connectivity index is 2.47. The Kier molecular flexibility index (Phi) is 6.03. The lowest BCUT2D eigenvalue weighted by atomic mass is 10.6. The Morgan fingerprint density at radius 3 is 2.78 bits per heavy atom. The summed E-state index contributed by atoms with van der Waals surface area (Å²) in [5.74, 6) is 0.620. The van der Waals surface area contributed by atoms with E-state index in [0.29, 0.717) is 17.5 Å². The van der Waals surface area contributed by atoms with Crippen LogP contribution in [-0.2, 0) is 16.4 Å². The van der Waals surface area contributed by atoms with E-state index in [4.69, 9.17) is 0 Å². The summed E-state index contributed by atoms with van der Waals surface area (Å²) in [6.07, 6.45) is 0. The van der Waals surface area contributed by atoms with Crippen molar-refractivity contribution in [3.05, 3.63) is 0 Å². The molecule has 1 aromatic rings. The normalized spacial score (nSPS) is 12.2. The summed E-state index contributed by atoms with van der Waals surface area (Å²) < 4.78 is 24.9. The summed E-state index contributed by atoms with van der Waals surface area (Å²) in [7, 11) is -1.14. The largest absolute Gasteiger partial charge is 0.318 e. The van der Waals surface area contributed by atoms with Gasteiger partial charge in [-0.15, -0.1) is 5.10 Å². The standard InChI is InChI=1S/C9H19N5O2S2/c1-8(2)18(15,16)7-6-17-9-11-12-13-14(9)5-4-10-3/h8,10H,4-7H2,1-3H3. The van der Waals surface area contributed by atoms with Crippen LogP contribution in [0.5, 0.6) is 0 Å². The molecule has 0 fully saturated rings. The molecule has 0 radical (unpaired) electrons. The Bertz CT molecular complexity index is 457. The molecule has 1 N–H and O–H groups in total. The van der Waals surface area contributed by atoms with Crippen molar-refractivity contribution in [1.29, 1.82) is 0 Å². The van der Waals surface area contributed by atoms with Crippen molar-refractivity contribution in [3.8, 4) is 0 Å². The first kappa shape index (κ1) is 15.4. The Labute approximate surface area is 112 Å². The number of nitrogens with zero attached hydrogens (tertiary/aromatic N) is 4. The predicted molar refractivity (Wildman–Crippen MR) is 71.4 cm³/mol. The maximum atomic E-state index is 11.6. The van der Waals surface area contributed by atoms with Crippen LogP contribution in [0.3, 0.4) is 0 Å². The number of thioether (sulfide) groups is 1. The zero-order valence-electron chi connectivity index (χ0n) is 10.8. The van der Waals surface area contributed by atoms with E-state index < -0.39 is 9.84 Å². The molecule has 1 heterocycles. The smallest absolute Gasteiger partial charge is 0.209 e. The lowest BCUT2D eigenvalue weighted by molar-refractivity contribution is 0.530. The molecule has 1 rings (SSSR count). The first-order valence-electron chi connectivity index (χ1n) is 5.72. The van der Waals surface area contributed by atoms with Gasteiger partial charge in [0, 0.05) is 12.3 Å². The monoisotopic (exact) mass is 293 g/mol. The van der Waals surface area contributed by atoms with Gasteiger partial charge >= 0.3 is 0 Å². The molecule has 104 valence electrons. The van der Waals surface area contributed by atoms with E-state index in [1.165, 1.54) is 11.8 Å². The molecule has 0 spiro atoms. The van der Waals surface area contributed by atoms with Crippen LogP contribution >= 0.6 is 11.8 Å². The summed E-state index contributed by atoms with van der Waals surface area (Å²) in [5, 5.41) is 14.6. The quantitative estimate of drug-likeness (QED) is 0.664. The second-order valence-electron chi connectivity index (χ2n) is 4.05. The Morgan fingerprint density at radius 1 is 1.44 bits per heavy atom. The Hall–Kier alpha value is -0.670. The lowest BCUT2D eigenvalue weighted by Gasteiger charge is -2.07. The molecule has 0 aromatic carbocycles. The van der Waals surface area contributed by atoms with Crippen molar-refractivity contribution in [2.24, 2.45) is 0 Å². The maximum absolute atomic E-state index is 11.6. The van der Waals surface area contributed by atoms with E-state index in [-0.39, 0.29) is 11.0 Å². The van der Waals surface area contributed by atoms with E-state index in [2.05, 4.69) is 20.8 Å². The van der Waals surface area contributed by atoms with Crippen molar-refractivity contribution in [2.75, 3.05) is 25.1 Å². The van der Waals surface area contributed by atoms with Gasteiger partial charge < -0.3 is 5.32 Å². The zero-order valence-corrected chi connectivity index (χ0v) is 12.5. The topological polar surface area (TPSA) is 89.8 Å². The third-order valence-electron chi connectivity index (χ3n) is 2.39. The van der Waals surface area contributed by atoms with Crippen LogP contribution in [0.25, 0.3) is 0 Å². The van der Waals surface area contributed by atoms with Gasteiger partial charge in [0.05, 0.1) is 17.5 Å².